The van der Waals surface area contributed by atoms with Crippen LogP contribution in [0.25, 0.3) is 32.9 Å². The van der Waals surface area contributed by atoms with Crippen molar-refractivity contribution >= 4 is 39.3 Å². The lowest BCUT2D eigenvalue weighted by Crippen LogP contribution is -1.99. The summed E-state index contributed by atoms with van der Waals surface area (Å²) >= 11 is 0. The molecule has 0 aliphatic heterocycles. The van der Waals surface area contributed by atoms with Gasteiger partial charge in [-0.05, 0) is 42.0 Å². The van der Waals surface area contributed by atoms with E-state index < -0.39 is 0 Å². The molecule has 0 saturated carbocycles. The van der Waals surface area contributed by atoms with E-state index in [1.54, 1.807) is 24.7 Å². The number of pyridine rings is 1. The minimum absolute atomic E-state index is 0.228. The molecule has 0 bridgehead atoms. The molecule has 0 amide bonds. The lowest BCUT2D eigenvalue weighted by molar-refractivity contribution is 1.12. The molecule has 0 radical (unpaired) electrons. The van der Waals surface area contributed by atoms with E-state index >= 15 is 0 Å². The van der Waals surface area contributed by atoms with Crippen molar-refractivity contribution in [3.05, 3.63) is 67.1 Å². The molecule has 0 spiro atoms. The molecular weight excluding hydrogens is 338 g/mol. The average Bonchev–Trinajstić information content (AvgIpc) is 3.15. The molecule has 130 valence electrons. The number of hydrogen-bond acceptors (Lipinski definition) is 6. The molecule has 27 heavy (non-hydrogen) atoms. The van der Waals surface area contributed by atoms with Crippen LogP contribution in [0.1, 0.15) is 0 Å². The minimum Gasteiger partial charge on any atom is -0.368 e. The minimum atomic E-state index is 0.228. The van der Waals surface area contributed by atoms with E-state index in [1.165, 1.54) is 0 Å². The molecular formula is C20H15N7. The molecule has 4 N–H and O–H groups in total. The van der Waals surface area contributed by atoms with Crippen molar-refractivity contribution in [1.82, 2.24) is 25.1 Å². The van der Waals surface area contributed by atoms with Crippen molar-refractivity contribution in [1.29, 1.82) is 0 Å². The van der Waals surface area contributed by atoms with E-state index in [4.69, 9.17) is 5.73 Å². The topological polar surface area (TPSA) is 105 Å². The Morgan fingerprint density at radius 3 is 2.81 bits per heavy atom. The van der Waals surface area contributed by atoms with Gasteiger partial charge in [0.15, 0.2) is 0 Å². The third kappa shape index (κ3) is 2.81. The first-order valence-electron chi connectivity index (χ1n) is 8.44. The van der Waals surface area contributed by atoms with Crippen molar-refractivity contribution in [2.75, 3.05) is 11.1 Å². The summed E-state index contributed by atoms with van der Waals surface area (Å²) in [5.41, 5.74) is 10.6. The number of benzene rings is 2. The highest BCUT2D eigenvalue weighted by Gasteiger charge is 2.10. The van der Waals surface area contributed by atoms with Crippen LogP contribution in [0.15, 0.2) is 67.1 Å². The summed E-state index contributed by atoms with van der Waals surface area (Å²) in [7, 11) is 0. The first-order valence-corrected chi connectivity index (χ1v) is 8.44. The number of nitrogens with zero attached hydrogens (tertiary/aromatic N) is 4. The van der Waals surface area contributed by atoms with Gasteiger partial charge >= 0.3 is 0 Å². The van der Waals surface area contributed by atoms with Crippen LogP contribution in [-0.4, -0.2) is 25.1 Å². The summed E-state index contributed by atoms with van der Waals surface area (Å²) in [6.07, 6.45) is 5.23. The maximum Gasteiger partial charge on any atom is 0.221 e. The van der Waals surface area contributed by atoms with Gasteiger partial charge < -0.3 is 11.1 Å². The van der Waals surface area contributed by atoms with Crippen LogP contribution in [0.2, 0.25) is 0 Å². The van der Waals surface area contributed by atoms with E-state index in [9.17, 15) is 0 Å². The zero-order valence-corrected chi connectivity index (χ0v) is 14.2. The predicted molar refractivity (Wildman–Crippen MR) is 107 cm³/mol. The Kier molecular flexibility index (Phi) is 3.43. The van der Waals surface area contributed by atoms with Crippen LogP contribution in [0.5, 0.6) is 0 Å². The van der Waals surface area contributed by atoms with Gasteiger partial charge in [-0.2, -0.15) is 10.1 Å². The normalized spacial score (nSPS) is 11.1. The molecule has 0 saturated heterocycles. The molecule has 2 aromatic carbocycles. The number of hydrogen-bond donors (Lipinski definition) is 3. The van der Waals surface area contributed by atoms with Gasteiger partial charge in [-0.3, -0.25) is 10.1 Å². The number of nitrogens with two attached hydrogens (primary N) is 1. The molecule has 3 heterocycles. The predicted octanol–water partition coefficient (Wildman–Crippen LogP) is 3.89. The Balaban J connectivity index is 1.65. The number of nitrogens with one attached hydrogen (secondary N) is 2. The molecule has 0 aliphatic rings. The van der Waals surface area contributed by atoms with Gasteiger partial charge in [-0.15, -0.1) is 0 Å². The van der Waals surface area contributed by atoms with Crippen molar-refractivity contribution in [3.63, 3.8) is 0 Å². The third-order valence-electron chi connectivity index (χ3n) is 4.41. The molecule has 7 nitrogen and oxygen atoms in total. The Morgan fingerprint density at radius 2 is 1.89 bits per heavy atom. The fourth-order valence-corrected chi connectivity index (χ4v) is 3.19. The molecule has 5 rings (SSSR count). The Labute approximate surface area is 154 Å². The van der Waals surface area contributed by atoms with Crippen molar-refractivity contribution in [2.24, 2.45) is 0 Å². The van der Waals surface area contributed by atoms with Gasteiger partial charge in [-0.25, -0.2) is 4.98 Å². The molecule has 5 aromatic rings. The highest BCUT2D eigenvalue weighted by Crippen LogP contribution is 2.33. The van der Waals surface area contributed by atoms with Gasteiger partial charge in [-0.1, -0.05) is 12.1 Å². The van der Waals surface area contributed by atoms with E-state index in [-0.39, 0.29) is 5.95 Å². The fraction of sp³-hybridized carbons (Fsp3) is 0. The second kappa shape index (κ2) is 6.06. The summed E-state index contributed by atoms with van der Waals surface area (Å²) in [5.74, 6) is 0.866. The smallest absolute Gasteiger partial charge is 0.221 e. The summed E-state index contributed by atoms with van der Waals surface area (Å²) in [6, 6.07) is 16.1. The van der Waals surface area contributed by atoms with E-state index in [0.717, 1.165) is 38.6 Å². The summed E-state index contributed by atoms with van der Waals surface area (Å²) in [4.78, 5) is 12.5. The van der Waals surface area contributed by atoms with Crippen LogP contribution in [0.4, 0.5) is 17.5 Å². The quantitative estimate of drug-likeness (QED) is 0.454. The zero-order valence-electron chi connectivity index (χ0n) is 14.2. The van der Waals surface area contributed by atoms with Gasteiger partial charge in [0.05, 0.1) is 17.2 Å². The molecule has 0 unspecified atom stereocenters. The largest absolute Gasteiger partial charge is 0.368 e. The Morgan fingerprint density at radius 1 is 0.926 bits per heavy atom. The second-order valence-electron chi connectivity index (χ2n) is 6.19. The first-order chi connectivity index (χ1) is 13.3. The van der Waals surface area contributed by atoms with Crippen LogP contribution in [-0.2, 0) is 0 Å². The number of rotatable bonds is 3. The summed E-state index contributed by atoms with van der Waals surface area (Å²) in [5, 5.41) is 12.7. The van der Waals surface area contributed by atoms with Crippen LogP contribution < -0.4 is 11.1 Å². The summed E-state index contributed by atoms with van der Waals surface area (Å²) < 4.78 is 0. The SMILES string of the molecule is Nc1nccc(Nc2cc(-c3ccc4ncccc4c3)c3[nH]ncc3c2)n1. The molecule has 0 atom stereocenters. The van der Waals surface area contributed by atoms with Crippen LogP contribution >= 0.6 is 0 Å². The molecule has 3 aromatic heterocycles. The lowest BCUT2D eigenvalue weighted by Gasteiger charge is -2.10. The van der Waals surface area contributed by atoms with E-state index in [2.05, 4.69) is 54.7 Å². The maximum atomic E-state index is 5.68. The number of anilines is 3. The van der Waals surface area contributed by atoms with Crippen molar-refractivity contribution < 1.29 is 0 Å². The van der Waals surface area contributed by atoms with Crippen LogP contribution in [0, 0.1) is 0 Å². The van der Waals surface area contributed by atoms with Crippen LogP contribution in [0.3, 0.4) is 0 Å². The Hall–Kier alpha value is -4.00. The lowest BCUT2D eigenvalue weighted by atomic mass is 10.0. The number of aromatic amines is 1. The van der Waals surface area contributed by atoms with E-state index in [0.29, 0.717) is 5.82 Å². The number of H-pyrrole nitrogens is 1. The van der Waals surface area contributed by atoms with E-state index in [1.807, 2.05) is 18.2 Å². The first kappa shape index (κ1) is 15.3. The number of fused-ring (bicyclic) bond motifs is 2. The standard InChI is InChI=1S/C20H15N7/c21-20-23-7-5-18(26-20)25-15-9-14-11-24-27-19(14)16(10-15)12-3-4-17-13(8-12)2-1-6-22-17/h1-11H,(H,24,27)(H3,21,23,25,26). The molecule has 7 heteroatoms. The highest BCUT2D eigenvalue weighted by atomic mass is 15.1. The number of nitrogen functional groups attached to an aromatic ring is 1. The monoisotopic (exact) mass is 353 g/mol. The second-order valence-corrected chi connectivity index (χ2v) is 6.19. The van der Waals surface area contributed by atoms with Crippen molar-refractivity contribution in [3.8, 4) is 11.1 Å². The fourth-order valence-electron chi connectivity index (χ4n) is 3.19. The van der Waals surface area contributed by atoms with Gasteiger partial charge in [0.25, 0.3) is 0 Å². The van der Waals surface area contributed by atoms with Crippen molar-refractivity contribution in [2.45, 2.75) is 0 Å². The summed E-state index contributed by atoms with van der Waals surface area (Å²) in [6.45, 7) is 0. The van der Waals surface area contributed by atoms with Gasteiger partial charge in [0.2, 0.25) is 5.95 Å². The third-order valence-corrected chi connectivity index (χ3v) is 4.41. The zero-order chi connectivity index (χ0) is 18.2. The molecule has 0 aliphatic carbocycles. The highest BCUT2D eigenvalue weighted by molar-refractivity contribution is 5.98. The molecule has 0 fully saturated rings. The number of aromatic nitrogens is 5. The average molecular weight is 353 g/mol. The van der Waals surface area contributed by atoms with Gasteiger partial charge in [0.1, 0.15) is 5.82 Å². The Bertz CT molecular complexity index is 1280. The maximum absolute atomic E-state index is 5.68. The van der Waals surface area contributed by atoms with Gasteiger partial charge in [0, 0.05) is 34.4 Å².